The molecular weight excluding hydrogens is 254 g/mol. The lowest BCUT2D eigenvalue weighted by atomic mass is 10.2. The second-order valence-corrected chi connectivity index (χ2v) is 4.96. The number of nitrogen functional groups attached to an aromatic ring is 1. The Morgan fingerprint density at radius 2 is 1.94 bits per heavy atom. The second-order valence-electron chi connectivity index (χ2n) is 3.93. The summed E-state index contributed by atoms with van der Waals surface area (Å²) in [5.74, 6) is -1.24. The summed E-state index contributed by atoms with van der Waals surface area (Å²) in [6, 6.07) is 6.16. The van der Waals surface area contributed by atoms with E-state index in [1.54, 1.807) is 16.2 Å². The quantitative estimate of drug-likeness (QED) is 0.858. The Bertz CT molecular complexity index is 503. The Labute approximate surface area is 109 Å². The fraction of sp³-hybridized carbons (Fsp3) is 0.231. The Morgan fingerprint density at radius 3 is 2.44 bits per heavy atom. The molecule has 1 heterocycles. The van der Waals surface area contributed by atoms with E-state index in [-0.39, 0.29) is 11.4 Å². The molecule has 0 atom stereocenters. The van der Waals surface area contributed by atoms with Crippen molar-refractivity contribution < 1.29 is 8.78 Å². The molecule has 2 nitrogen and oxygen atoms in total. The van der Waals surface area contributed by atoms with E-state index in [0.29, 0.717) is 13.1 Å². The van der Waals surface area contributed by atoms with Crippen LogP contribution in [0.15, 0.2) is 29.6 Å². The van der Waals surface area contributed by atoms with E-state index in [0.717, 1.165) is 17.0 Å². The normalized spacial score (nSPS) is 10.6. The van der Waals surface area contributed by atoms with Crippen LogP contribution in [0.4, 0.5) is 20.2 Å². The SMILES string of the molecule is CCN(Cc1cccs1)c1c(F)cc(N)cc1F. The molecular formula is C13H14F2N2S. The van der Waals surface area contributed by atoms with Crippen molar-refractivity contribution in [1.82, 2.24) is 0 Å². The molecule has 18 heavy (non-hydrogen) atoms. The summed E-state index contributed by atoms with van der Waals surface area (Å²) in [7, 11) is 0. The predicted octanol–water partition coefficient (Wildman–Crippen LogP) is 3.64. The number of nitrogens with zero attached hydrogens (tertiary/aromatic N) is 1. The van der Waals surface area contributed by atoms with Gasteiger partial charge in [-0.3, -0.25) is 0 Å². The molecule has 2 rings (SSSR count). The summed E-state index contributed by atoms with van der Waals surface area (Å²) in [6.07, 6.45) is 0. The number of anilines is 2. The molecule has 0 spiro atoms. The lowest BCUT2D eigenvalue weighted by Gasteiger charge is -2.23. The first kappa shape index (κ1) is 12.8. The van der Waals surface area contributed by atoms with E-state index in [1.165, 1.54) is 0 Å². The first-order chi connectivity index (χ1) is 8.61. The van der Waals surface area contributed by atoms with Gasteiger partial charge >= 0.3 is 0 Å². The molecule has 0 radical (unpaired) electrons. The summed E-state index contributed by atoms with van der Waals surface area (Å²) in [4.78, 5) is 2.73. The van der Waals surface area contributed by atoms with Gasteiger partial charge in [0.1, 0.15) is 5.69 Å². The molecule has 5 heteroatoms. The molecule has 0 saturated carbocycles. The van der Waals surface area contributed by atoms with Gasteiger partial charge in [-0.1, -0.05) is 6.07 Å². The van der Waals surface area contributed by atoms with Crippen LogP contribution < -0.4 is 10.6 Å². The van der Waals surface area contributed by atoms with Gasteiger partial charge in [-0.05, 0) is 30.5 Å². The smallest absolute Gasteiger partial charge is 0.151 e. The van der Waals surface area contributed by atoms with E-state index in [2.05, 4.69) is 0 Å². The minimum atomic E-state index is -0.620. The van der Waals surface area contributed by atoms with Crippen LogP contribution in [0.1, 0.15) is 11.8 Å². The molecule has 0 fully saturated rings. The Hall–Kier alpha value is -1.62. The minimum Gasteiger partial charge on any atom is -0.399 e. The van der Waals surface area contributed by atoms with E-state index in [4.69, 9.17) is 5.73 Å². The first-order valence-corrected chi connectivity index (χ1v) is 6.51. The Kier molecular flexibility index (Phi) is 3.81. The van der Waals surface area contributed by atoms with Crippen LogP contribution in [0.2, 0.25) is 0 Å². The zero-order valence-electron chi connectivity index (χ0n) is 9.99. The van der Waals surface area contributed by atoms with Gasteiger partial charge < -0.3 is 10.6 Å². The van der Waals surface area contributed by atoms with Crippen LogP contribution >= 0.6 is 11.3 Å². The van der Waals surface area contributed by atoms with E-state index < -0.39 is 11.6 Å². The van der Waals surface area contributed by atoms with Gasteiger partial charge in [-0.15, -0.1) is 11.3 Å². The molecule has 0 aliphatic heterocycles. The average Bonchev–Trinajstić information content (AvgIpc) is 2.79. The van der Waals surface area contributed by atoms with Crippen molar-refractivity contribution in [3.05, 3.63) is 46.2 Å². The van der Waals surface area contributed by atoms with Gasteiger partial charge in [0, 0.05) is 17.1 Å². The van der Waals surface area contributed by atoms with E-state index >= 15 is 0 Å². The van der Waals surface area contributed by atoms with Crippen LogP contribution in [0, 0.1) is 11.6 Å². The highest BCUT2D eigenvalue weighted by atomic mass is 32.1. The molecule has 0 aliphatic rings. The number of thiophene rings is 1. The Morgan fingerprint density at radius 1 is 1.28 bits per heavy atom. The Balaban J connectivity index is 2.33. The lowest BCUT2D eigenvalue weighted by Crippen LogP contribution is -2.24. The van der Waals surface area contributed by atoms with E-state index in [1.807, 2.05) is 24.4 Å². The summed E-state index contributed by atoms with van der Waals surface area (Å²) in [5.41, 5.74) is 5.49. The molecule has 0 aliphatic carbocycles. The van der Waals surface area contributed by atoms with Gasteiger partial charge in [-0.25, -0.2) is 8.78 Å². The highest BCUT2D eigenvalue weighted by molar-refractivity contribution is 7.09. The third-order valence-electron chi connectivity index (χ3n) is 2.66. The molecule has 0 unspecified atom stereocenters. The van der Waals surface area contributed by atoms with Gasteiger partial charge in [0.15, 0.2) is 11.6 Å². The highest BCUT2D eigenvalue weighted by Crippen LogP contribution is 2.27. The maximum Gasteiger partial charge on any atom is 0.151 e. The van der Waals surface area contributed by atoms with Crippen molar-refractivity contribution >= 4 is 22.7 Å². The van der Waals surface area contributed by atoms with Gasteiger partial charge in [-0.2, -0.15) is 0 Å². The van der Waals surface area contributed by atoms with Gasteiger partial charge in [0.25, 0.3) is 0 Å². The van der Waals surface area contributed by atoms with Crippen LogP contribution in [0.3, 0.4) is 0 Å². The van der Waals surface area contributed by atoms with Crippen molar-refractivity contribution in [2.45, 2.75) is 13.5 Å². The third kappa shape index (κ3) is 2.61. The van der Waals surface area contributed by atoms with Gasteiger partial charge in [0.05, 0.1) is 6.54 Å². The summed E-state index contributed by atoms with van der Waals surface area (Å²) in [5, 5.41) is 1.94. The van der Waals surface area contributed by atoms with Crippen molar-refractivity contribution in [3.8, 4) is 0 Å². The van der Waals surface area contributed by atoms with E-state index in [9.17, 15) is 8.78 Å². The third-order valence-corrected chi connectivity index (χ3v) is 3.53. The molecule has 2 N–H and O–H groups in total. The molecule has 0 amide bonds. The number of benzene rings is 1. The monoisotopic (exact) mass is 268 g/mol. The molecule has 0 bridgehead atoms. The lowest BCUT2D eigenvalue weighted by molar-refractivity contribution is 0.573. The standard InChI is InChI=1S/C13H14F2N2S/c1-2-17(8-10-4-3-5-18-10)13-11(14)6-9(16)7-12(13)15/h3-7H,2,8,16H2,1H3. The highest BCUT2D eigenvalue weighted by Gasteiger charge is 2.17. The second kappa shape index (κ2) is 5.35. The maximum atomic E-state index is 13.8. The van der Waals surface area contributed by atoms with Crippen molar-refractivity contribution in [1.29, 1.82) is 0 Å². The number of rotatable bonds is 4. The molecule has 96 valence electrons. The maximum absolute atomic E-state index is 13.8. The zero-order valence-corrected chi connectivity index (χ0v) is 10.8. The van der Waals surface area contributed by atoms with Crippen molar-refractivity contribution in [3.63, 3.8) is 0 Å². The molecule has 1 aromatic carbocycles. The van der Waals surface area contributed by atoms with Crippen LogP contribution in [0.25, 0.3) is 0 Å². The van der Waals surface area contributed by atoms with Gasteiger partial charge in [0.2, 0.25) is 0 Å². The van der Waals surface area contributed by atoms with Crippen LogP contribution in [0.5, 0.6) is 0 Å². The number of halogens is 2. The fourth-order valence-electron chi connectivity index (χ4n) is 1.83. The molecule has 0 saturated heterocycles. The van der Waals surface area contributed by atoms with Crippen LogP contribution in [-0.2, 0) is 6.54 Å². The summed E-state index contributed by atoms with van der Waals surface area (Å²) in [6.45, 7) is 2.88. The minimum absolute atomic E-state index is 0.0138. The fourth-order valence-corrected chi connectivity index (χ4v) is 2.55. The van der Waals surface area contributed by atoms with Crippen LogP contribution in [-0.4, -0.2) is 6.54 Å². The average molecular weight is 268 g/mol. The topological polar surface area (TPSA) is 29.3 Å². The zero-order chi connectivity index (χ0) is 13.1. The van der Waals surface area contributed by atoms with Crippen molar-refractivity contribution in [2.75, 3.05) is 17.2 Å². The number of hydrogen-bond acceptors (Lipinski definition) is 3. The predicted molar refractivity (Wildman–Crippen MR) is 71.8 cm³/mol. The molecule has 2 aromatic rings. The number of nitrogens with two attached hydrogens (primary N) is 1. The first-order valence-electron chi connectivity index (χ1n) is 5.63. The van der Waals surface area contributed by atoms with Crippen molar-refractivity contribution in [2.24, 2.45) is 0 Å². The molecule has 1 aromatic heterocycles. The number of hydrogen-bond donors (Lipinski definition) is 1. The summed E-state index contributed by atoms with van der Waals surface area (Å²) < 4.78 is 27.6. The largest absolute Gasteiger partial charge is 0.399 e. The summed E-state index contributed by atoms with van der Waals surface area (Å²) >= 11 is 1.56.